The van der Waals surface area contributed by atoms with Crippen molar-refractivity contribution in [2.75, 3.05) is 19.7 Å². The van der Waals surface area contributed by atoms with Gasteiger partial charge in [-0.25, -0.2) is 4.79 Å². The lowest BCUT2D eigenvalue weighted by atomic mass is 9.76. The van der Waals surface area contributed by atoms with E-state index in [1.54, 1.807) is 0 Å². The Balaban J connectivity index is 1.66. The first kappa shape index (κ1) is 23.8. The van der Waals surface area contributed by atoms with Crippen molar-refractivity contribution in [3.05, 3.63) is 63.9 Å². The number of ether oxygens (including phenoxy) is 1. The van der Waals surface area contributed by atoms with E-state index in [2.05, 4.69) is 18.2 Å². The summed E-state index contributed by atoms with van der Waals surface area (Å²) in [7, 11) is 0. The molecule has 33 heavy (non-hydrogen) atoms. The predicted molar refractivity (Wildman–Crippen MR) is 132 cm³/mol. The number of aliphatic hydroxyl groups is 1. The molecule has 0 radical (unpaired) electrons. The van der Waals surface area contributed by atoms with Gasteiger partial charge in [0.05, 0.1) is 5.69 Å². The number of hydrogen-bond acceptors (Lipinski definition) is 4. The number of allylic oxidation sites excluding steroid dienone is 1. The number of aliphatic hydroxyl groups excluding tert-OH is 1. The maximum Gasteiger partial charge on any atom is 0.410 e. The number of rotatable bonds is 4. The third-order valence-corrected chi connectivity index (χ3v) is 6.69. The number of piperidine rings is 1. The molecule has 1 aliphatic carbocycles. The molecule has 6 heteroatoms. The van der Waals surface area contributed by atoms with Crippen molar-refractivity contribution in [1.29, 1.82) is 0 Å². The summed E-state index contributed by atoms with van der Waals surface area (Å²) in [6.45, 7) is 7.19. The maximum atomic E-state index is 12.6. The molecular weight excluding hydrogens is 436 g/mol. The van der Waals surface area contributed by atoms with Crippen LogP contribution < -0.4 is 0 Å². The Labute approximate surface area is 201 Å². The summed E-state index contributed by atoms with van der Waals surface area (Å²) in [6.07, 6.45) is 7.10. The Bertz CT molecular complexity index is 1040. The van der Waals surface area contributed by atoms with Gasteiger partial charge in [0, 0.05) is 36.8 Å². The Morgan fingerprint density at radius 3 is 2.70 bits per heavy atom. The first-order valence-corrected chi connectivity index (χ1v) is 12.2. The van der Waals surface area contributed by atoms with E-state index in [4.69, 9.17) is 21.3 Å². The van der Waals surface area contributed by atoms with Gasteiger partial charge < -0.3 is 14.7 Å². The maximum absolute atomic E-state index is 12.6. The van der Waals surface area contributed by atoms with Crippen LogP contribution in [0.1, 0.15) is 74.8 Å². The van der Waals surface area contributed by atoms with Gasteiger partial charge in [-0.15, -0.1) is 0 Å². The largest absolute Gasteiger partial charge is 0.444 e. The second-order valence-electron chi connectivity index (χ2n) is 9.99. The monoisotopic (exact) mass is 468 g/mol. The van der Waals surface area contributed by atoms with E-state index in [-0.39, 0.29) is 18.6 Å². The van der Waals surface area contributed by atoms with E-state index >= 15 is 0 Å². The van der Waals surface area contributed by atoms with Crippen molar-refractivity contribution >= 4 is 29.3 Å². The van der Waals surface area contributed by atoms with Gasteiger partial charge in [0.2, 0.25) is 0 Å². The van der Waals surface area contributed by atoms with Crippen molar-refractivity contribution < 1.29 is 14.6 Å². The molecular formula is C27H33ClN2O3. The second-order valence-corrected chi connectivity index (χ2v) is 10.4. The zero-order valence-corrected chi connectivity index (χ0v) is 20.4. The van der Waals surface area contributed by atoms with Crippen LogP contribution in [0.25, 0.3) is 11.6 Å². The molecule has 0 saturated carbocycles. The smallest absolute Gasteiger partial charge is 0.410 e. The molecule has 1 saturated heterocycles. The normalized spacial score (nSPS) is 18.8. The van der Waals surface area contributed by atoms with Crippen LogP contribution in [0.2, 0.25) is 5.02 Å². The van der Waals surface area contributed by atoms with Crippen LogP contribution >= 0.6 is 11.6 Å². The van der Waals surface area contributed by atoms with Gasteiger partial charge in [0.15, 0.2) is 0 Å². The fourth-order valence-corrected chi connectivity index (χ4v) is 5.18. The quantitative estimate of drug-likeness (QED) is 0.585. The van der Waals surface area contributed by atoms with Gasteiger partial charge in [-0.05, 0) is 92.8 Å². The number of hydrogen-bond donors (Lipinski definition) is 1. The molecule has 1 aliphatic heterocycles. The number of carbonyl (C=O) groups is 1. The molecule has 2 heterocycles. The highest BCUT2D eigenvalue weighted by molar-refractivity contribution is 6.30. The zero-order valence-electron chi connectivity index (χ0n) is 19.7. The molecule has 1 fully saturated rings. The van der Waals surface area contributed by atoms with Crippen molar-refractivity contribution in [3.63, 3.8) is 0 Å². The van der Waals surface area contributed by atoms with E-state index < -0.39 is 5.60 Å². The van der Waals surface area contributed by atoms with Gasteiger partial charge in [0.25, 0.3) is 0 Å². The van der Waals surface area contributed by atoms with Gasteiger partial charge in [0.1, 0.15) is 5.60 Å². The lowest BCUT2D eigenvalue weighted by Crippen LogP contribution is -2.42. The second kappa shape index (κ2) is 9.86. The SMILES string of the molecule is CC(C)(C)OC(=O)N1CCC(C2c3ccc(Cl)cc3C=C(CCCO)c3cccnc32)CC1. The number of amides is 1. The van der Waals surface area contributed by atoms with Crippen LogP contribution in [0.15, 0.2) is 36.5 Å². The first-order valence-electron chi connectivity index (χ1n) is 11.8. The van der Waals surface area contributed by atoms with Crippen molar-refractivity contribution in [2.45, 2.75) is 58.0 Å². The topological polar surface area (TPSA) is 62.7 Å². The highest BCUT2D eigenvalue weighted by atomic mass is 35.5. The average molecular weight is 469 g/mol. The van der Waals surface area contributed by atoms with E-state index in [0.717, 1.165) is 36.1 Å². The van der Waals surface area contributed by atoms with Gasteiger partial charge in [-0.2, -0.15) is 0 Å². The highest BCUT2D eigenvalue weighted by Gasteiger charge is 2.36. The van der Waals surface area contributed by atoms with Gasteiger partial charge >= 0.3 is 6.09 Å². The van der Waals surface area contributed by atoms with Crippen LogP contribution in [0.4, 0.5) is 4.79 Å². The number of carbonyl (C=O) groups excluding carboxylic acids is 1. The summed E-state index contributed by atoms with van der Waals surface area (Å²) >= 11 is 6.39. The molecule has 1 unspecified atom stereocenters. The van der Waals surface area contributed by atoms with E-state index in [1.165, 1.54) is 11.1 Å². The minimum atomic E-state index is -0.493. The molecule has 1 aromatic carbocycles. The molecule has 1 N–H and O–H groups in total. The molecule has 1 aromatic heterocycles. The van der Waals surface area contributed by atoms with Crippen LogP contribution in [0.3, 0.4) is 0 Å². The zero-order chi connectivity index (χ0) is 23.6. The molecule has 0 bridgehead atoms. The van der Waals surface area contributed by atoms with Crippen molar-refractivity contribution in [1.82, 2.24) is 9.88 Å². The molecule has 5 nitrogen and oxygen atoms in total. The van der Waals surface area contributed by atoms with Crippen LogP contribution in [-0.4, -0.2) is 46.4 Å². The Morgan fingerprint density at radius 2 is 2.00 bits per heavy atom. The van der Waals surface area contributed by atoms with Gasteiger partial charge in [-0.3, -0.25) is 4.98 Å². The van der Waals surface area contributed by atoms with Crippen molar-refractivity contribution in [3.8, 4) is 0 Å². The molecule has 176 valence electrons. The number of likely N-dealkylation sites (tertiary alicyclic amines) is 1. The highest BCUT2D eigenvalue weighted by Crippen LogP contribution is 2.45. The Kier molecular flexibility index (Phi) is 7.10. The summed E-state index contributed by atoms with van der Waals surface area (Å²) in [6, 6.07) is 10.2. The van der Waals surface area contributed by atoms with E-state index in [1.807, 2.05) is 50.1 Å². The lowest BCUT2D eigenvalue weighted by Gasteiger charge is -2.37. The minimum Gasteiger partial charge on any atom is -0.444 e. The fraction of sp³-hybridized carbons (Fsp3) is 0.481. The first-order chi connectivity index (χ1) is 15.8. The summed E-state index contributed by atoms with van der Waals surface area (Å²) in [5.41, 5.74) is 5.27. The van der Waals surface area contributed by atoms with Crippen LogP contribution in [-0.2, 0) is 4.74 Å². The van der Waals surface area contributed by atoms with E-state index in [0.29, 0.717) is 30.5 Å². The molecule has 1 atom stereocenters. The van der Waals surface area contributed by atoms with Crippen LogP contribution in [0.5, 0.6) is 0 Å². The minimum absolute atomic E-state index is 0.122. The third kappa shape index (κ3) is 5.42. The van der Waals surface area contributed by atoms with Gasteiger partial charge in [-0.1, -0.05) is 29.8 Å². The fourth-order valence-electron chi connectivity index (χ4n) is 5.00. The molecule has 4 rings (SSSR count). The number of pyridine rings is 1. The van der Waals surface area contributed by atoms with Crippen molar-refractivity contribution in [2.24, 2.45) is 5.92 Å². The number of nitrogens with zero attached hydrogens (tertiary/aromatic N) is 2. The summed E-state index contributed by atoms with van der Waals surface area (Å²) in [5, 5.41) is 10.2. The average Bonchev–Trinajstić information content (AvgIpc) is 2.90. The Morgan fingerprint density at radius 1 is 1.24 bits per heavy atom. The number of benzene rings is 1. The molecule has 0 spiro atoms. The van der Waals surface area contributed by atoms with Crippen LogP contribution in [0, 0.1) is 5.92 Å². The number of halogens is 1. The molecule has 2 aliphatic rings. The summed E-state index contributed by atoms with van der Waals surface area (Å²) in [4.78, 5) is 19.3. The number of fused-ring (bicyclic) bond motifs is 2. The number of aromatic nitrogens is 1. The standard InChI is InChI=1S/C27H33ClN2O3/c1-27(2,3)33-26(32)30-13-10-18(11-14-30)24-22-9-8-21(28)17-20(22)16-19(6-5-15-31)23-7-4-12-29-25(23)24/h4,7-9,12,16-18,24,31H,5-6,10-11,13-15H2,1-3H3. The van der Waals surface area contributed by atoms with E-state index in [9.17, 15) is 9.90 Å². The summed E-state index contributed by atoms with van der Waals surface area (Å²) < 4.78 is 5.59. The third-order valence-electron chi connectivity index (χ3n) is 6.46. The lowest BCUT2D eigenvalue weighted by molar-refractivity contribution is 0.0178. The summed E-state index contributed by atoms with van der Waals surface area (Å²) in [5.74, 6) is 0.472. The molecule has 1 amide bonds. The molecule has 2 aromatic rings. The Hall–Kier alpha value is -2.37. The predicted octanol–water partition coefficient (Wildman–Crippen LogP) is 6.14.